The molecular weight excluding hydrogens is 246 g/mol. The van der Waals surface area contributed by atoms with E-state index in [1.165, 1.54) is 5.56 Å². The summed E-state index contributed by atoms with van der Waals surface area (Å²) in [5.41, 5.74) is 3.99. The van der Waals surface area contributed by atoms with E-state index in [0.29, 0.717) is 0 Å². The second-order valence-electron chi connectivity index (χ2n) is 4.22. The number of rotatable bonds is 2. The molecule has 90 valence electrons. The lowest BCUT2D eigenvalue weighted by Gasteiger charge is -1.99. The predicted molar refractivity (Wildman–Crippen MR) is 73.8 cm³/mol. The van der Waals surface area contributed by atoms with Crippen LogP contribution in [0.25, 0.3) is 22.2 Å². The molecule has 0 aliphatic rings. The minimum atomic E-state index is 0.723. The first-order chi connectivity index (χ1) is 8.78. The van der Waals surface area contributed by atoms with Crippen molar-refractivity contribution in [3.8, 4) is 11.3 Å². The molecule has 3 aromatic rings. The maximum atomic E-state index is 5.90. The van der Waals surface area contributed by atoms with Gasteiger partial charge in [0.2, 0.25) is 0 Å². The fourth-order valence-corrected chi connectivity index (χ4v) is 2.15. The Morgan fingerprint density at radius 3 is 2.61 bits per heavy atom. The Bertz CT molecular complexity index is 685. The second kappa shape index (κ2) is 4.46. The molecule has 2 nitrogen and oxygen atoms in total. The SMILES string of the molecule is CCc1ccc2onc(-c3ccc(Cl)cc3)c2c1. The van der Waals surface area contributed by atoms with E-state index >= 15 is 0 Å². The lowest BCUT2D eigenvalue weighted by Crippen LogP contribution is -1.81. The maximum absolute atomic E-state index is 5.90. The summed E-state index contributed by atoms with van der Waals surface area (Å²) in [7, 11) is 0. The molecule has 3 heteroatoms. The van der Waals surface area contributed by atoms with Crippen molar-refractivity contribution in [1.29, 1.82) is 0 Å². The lowest BCUT2D eigenvalue weighted by molar-refractivity contribution is 0.459. The van der Waals surface area contributed by atoms with Gasteiger partial charge in [-0.15, -0.1) is 0 Å². The molecule has 0 amide bonds. The number of fused-ring (bicyclic) bond motifs is 1. The van der Waals surface area contributed by atoms with E-state index in [1.54, 1.807) is 0 Å². The molecule has 0 unspecified atom stereocenters. The van der Waals surface area contributed by atoms with E-state index in [2.05, 4.69) is 24.2 Å². The third kappa shape index (κ3) is 1.89. The molecule has 0 saturated carbocycles. The lowest BCUT2D eigenvalue weighted by atomic mass is 10.0. The van der Waals surface area contributed by atoms with Gasteiger partial charge in [0, 0.05) is 16.0 Å². The molecular formula is C15H12ClNO. The van der Waals surface area contributed by atoms with Crippen LogP contribution in [-0.2, 0) is 6.42 Å². The van der Waals surface area contributed by atoms with Crippen molar-refractivity contribution in [1.82, 2.24) is 5.16 Å². The van der Waals surface area contributed by atoms with Gasteiger partial charge in [-0.3, -0.25) is 0 Å². The van der Waals surface area contributed by atoms with E-state index in [1.807, 2.05) is 30.3 Å². The standard InChI is InChI=1S/C15H12ClNO/c1-2-10-3-8-14-13(9-10)15(17-18-14)11-4-6-12(16)7-5-11/h3-9H,2H2,1H3. The fraction of sp³-hybridized carbons (Fsp3) is 0.133. The van der Waals surface area contributed by atoms with Gasteiger partial charge >= 0.3 is 0 Å². The third-order valence-corrected chi connectivity index (χ3v) is 3.31. The average Bonchev–Trinajstić information content (AvgIpc) is 2.82. The molecule has 0 aliphatic carbocycles. The number of benzene rings is 2. The average molecular weight is 258 g/mol. The Morgan fingerprint density at radius 2 is 1.89 bits per heavy atom. The first-order valence-corrected chi connectivity index (χ1v) is 6.30. The number of hydrogen-bond acceptors (Lipinski definition) is 2. The van der Waals surface area contributed by atoms with Gasteiger partial charge in [-0.2, -0.15) is 0 Å². The van der Waals surface area contributed by atoms with Crippen LogP contribution in [-0.4, -0.2) is 5.16 Å². The molecule has 0 saturated heterocycles. The highest BCUT2D eigenvalue weighted by molar-refractivity contribution is 6.30. The molecule has 1 heterocycles. The number of aryl methyl sites for hydroxylation is 1. The second-order valence-corrected chi connectivity index (χ2v) is 4.66. The highest BCUT2D eigenvalue weighted by Gasteiger charge is 2.10. The monoisotopic (exact) mass is 257 g/mol. The zero-order valence-corrected chi connectivity index (χ0v) is 10.7. The molecule has 0 aliphatic heterocycles. The van der Waals surface area contributed by atoms with E-state index in [0.717, 1.165) is 33.7 Å². The van der Waals surface area contributed by atoms with Crippen molar-refractivity contribution >= 4 is 22.6 Å². The van der Waals surface area contributed by atoms with E-state index < -0.39 is 0 Å². The molecule has 0 spiro atoms. The van der Waals surface area contributed by atoms with Crippen molar-refractivity contribution in [3.05, 3.63) is 53.1 Å². The van der Waals surface area contributed by atoms with Crippen LogP contribution >= 0.6 is 11.6 Å². The minimum absolute atomic E-state index is 0.723. The van der Waals surface area contributed by atoms with Crippen molar-refractivity contribution in [2.24, 2.45) is 0 Å². The van der Waals surface area contributed by atoms with Crippen LogP contribution in [0, 0.1) is 0 Å². The Hall–Kier alpha value is -1.80. The third-order valence-electron chi connectivity index (χ3n) is 3.06. The Balaban J connectivity index is 2.19. The van der Waals surface area contributed by atoms with Crippen LogP contribution in [0.1, 0.15) is 12.5 Å². The summed E-state index contributed by atoms with van der Waals surface area (Å²) in [5.74, 6) is 0. The van der Waals surface area contributed by atoms with Gasteiger partial charge in [0.1, 0.15) is 5.69 Å². The van der Waals surface area contributed by atoms with Crippen molar-refractivity contribution < 1.29 is 4.52 Å². The largest absolute Gasteiger partial charge is 0.356 e. The highest BCUT2D eigenvalue weighted by atomic mass is 35.5. The zero-order chi connectivity index (χ0) is 12.5. The molecule has 0 fully saturated rings. The van der Waals surface area contributed by atoms with E-state index in [4.69, 9.17) is 16.1 Å². The van der Waals surface area contributed by atoms with Crippen LogP contribution in [0.5, 0.6) is 0 Å². The summed E-state index contributed by atoms with van der Waals surface area (Å²) in [6, 6.07) is 13.8. The highest BCUT2D eigenvalue weighted by Crippen LogP contribution is 2.29. The van der Waals surface area contributed by atoms with Gasteiger partial charge < -0.3 is 4.52 Å². The molecule has 3 rings (SSSR count). The van der Waals surface area contributed by atoms with Crippen LogP contribution in [0.15, 0.2) is 47.0 Å². The topological polar surface area (TPSA) is 26.0 Å². The number of aromatic nitrogens is 1. The molecule has 18 heavy (non-hydrogen) atoms. The summed E-state index contributed by atoms with van der Waals surface area (Å²) in [4.78, 5) is 0. The zero-order valence-electron chi connectivity index (χ0n) is 9.98. The summed E-state index contributed by atoms with van der Waals surface area (Å²) in [5, 5.41) is 5.93. The van der Waals surface area contributed by atoms with Crippen LogP contribution < -0.4 is 0 Å². The minimum Gasteiger partial charge on any atom is -0.356 e. The predicted octanol–water partition coefficient (Wildman–Crippen LogP) is 4.71. The summed E-state index contributed by atoms with van der Waals surface area (Å²) in [6.45, 7) is 2.14. The van der Waals surface area contributed by atoms with Crippen LogP contribution in [0.4, 0.5) is 0 Å². The number of halogens is 1. The number of nitrogens with zero attached hydrogens (tertiary/aromatic N) is 1. The summed E-state index contributed by atoms with van der Waals surface area (Å²) < 4.78 is 5.35. The van der Waals surface area contributed by atoms with Crippen molar-refractivity contribution in [2.75, 3.05) is 0 Å². The van der Waals surface area contributed by atoms with Gasteiger partial charge in [0.05, 0.1) is 0 Å². The molecule has 0 bridgehead atoms. The quantitative estimate of drug-likeness (QED) is 0.664. The van der Waals surface area contributed by atoms with Gasteiger partial charge in [0.25, 0.3) is 0 Å². The molecule has 2 aromatic carbocycles. The Labute approximate surface area is 110 Å². The molecule has 0 radical (unpaired) electrons. The molecule has 1 aromatic heterocycles. The van der Waals surface area contributed by atoms with Crippen molar-refractivity contribution in [3.63, 3.8) is 0 Å². The fourth-order valence-electron chi connectivity index (χ4n) is 2.02. The maximum Gasteiger partial charge on any atom is 0.167 e. The van der Waals surface area contributed by atoms with Gasteiger partial charge in [0.15, 0.2) is 5.58 Å². The van der Waals surface area contributed by atoms with Crippen molar-refractivity contribution in [2.45, 2.75) is 13.3 Å². The Kier molecular flexibility index (Phi) is 2.80. The molecule has 0 N–H and O–H groups in total. The Morgan fingerprint density at radius 1 is 1.11 bits per heavy atom. The summed E-state index contributed by atoms with van der Waals surface area (Å²) >= 11 is 5.90. The first-order valence-electron chi connectivity index (χ1n) is 5.92. The first kappa shape index (κ1) is 11.3. The normalized spacial score (nSPS) is 11.0. The summed E-state index contributed by atoms with van der Waals surface area (Å²) in [6.07, 6.45) is 1.00. The van der Waals surface area contributed by atoms with Gasteiger partial charge in [-0.1, -0.05) is 41.9 Å². The number of hydrogen-bond donors (Lipinski definition) is 0. The van der Waals surface area contributed by atoms with Crippen LogP contribution in [0.3, 0.4) is 0 Å². The van der Waals surface area contributed by atoms with Gasteiger partial charge in [-0.25, -0.2) is 0 Å². The van der Waals surface area contributed by atoms with Crippen LogP contribution in [0.2, 0.25) is 5.02 Å². The van der Waals surface area contributed by atoms with E-state index in [9.17, 15) is 0 Å². The van der Waals surface area contributed by atoms with Gasteiger partial charge in [-0.05, 0) is 36.2 Å². The smallest absolute Gasteiger partial charge is 0.167 e. The molecule has 0 atom stereocenters. The van der Waals surface area contributed by atoms with E-state index in [-0.39, 0.29) is 0 Å².